The smallest absolute Gasteiger partial charge is 0.239 e. The third kappa shape index (κ3) is 4.47. The van der Waals surface area contributed by atoms with E-state index in [-0.39, 0.29) is 24.3 Å². The van der Waals surface area contributed by atoms with Gasteiger partial charge in [0.05, 0.1) is 12.2 Å². The Hall–Kier alpha value is -1.10. The van der Waals surface area contributed by atoms with Crippen LogP contribution in [0.2, 0.25) is 0 Å². The maximum absolute atomic E-state index is 13.6. The van der Waals surface area contributed by atoms with Gasteiger partial charge in [0.1, 0.15) is 5.82 Å². The molecule has 0 saturated heterocycles. The molecule has 0 atom stereocenters. The van der Waals surface area contributed by atoms with Gasteiger partial charge in [0.25, 0.3) is 0 Å². The zero-order valence-electron chi connectivity index (χ0n) is 11.4. The first-order valence-corrected chi connectivity index (χ1v) is 7.93. The summed E-state index contributed by atoms with van der Waals surface area (Å²) in [5, 5.41) is 5.88. The predicted molar refractivity (Wildman–Crippen MR) is 82.2 cm³/mol. The lowest BCUT2D eigenvalue weighted by Gasteiger charge is -2.17. The average Bonchev–Trinajstić information content (AvgIpc) is 2.67. The fraction of sp³-hybridized carbons (Fsp3) is 0.533. The number of amides is 1. The largest absolute Gasteiger partial charge is 0.373 e. The van der Waals surface area contributed by atoms with Crippen LogP contribution < -0.4 is 10.6 Å². The number of anilines is 1. The van der Waals surface area contributed by atoms with Crippen LogP contribution >= 0.6 is 15.9 Å². The molecule has 1 aliphatic rings. The highest BCUT2D eigenvalue weighted by molar-refractivity contribution is 9.10. The summed E-state index contributed by atoms with van der Waals surface area (Å²) in [6.07, 6.45) is 6.97. The Kier molecular flexibility index (Phi) is 5.83. The number of rotatable bonds is 4. The minimum atomic E-state index is -0.360. The summed E-state index contributed by atoms with van der Waals surface area (Å²) in [5.74, 6) is -0.436. The van der Waals surface area contributed by atoms with E-state index in [0.29, 0.717) is 10.2 Å². The molecule has 0 aromatic heterocycles. The van der Waals surface area contributed by atoms with Gasteiger partial charge in [0, 0.05) is 10.5 Å². The summed E-state index contributed by atoms with van der Waals surface area (Å²) < 4.78 is 14.2. The van der Waals surface area contributed by atoms with E-state index in [9.17, 15) is 9.18 Å². The maximum atomic E-state index is 13.6. The minimum absolute atomic E-state index is 0.0768. The monoisotopic (exact) mass is 342 g/mol. The molecular formula is C15H20BrFN2O. The number of carbonyl (C=O) groups is 1. The van der Waals surface area contributed by atoms with Crippen LogP contribution in [0.5, 0.6) is 0 Å². The molecule has 0 bridgehead atoms. The standard InChI is InChI=1S/C15H20BrFN2O/c16-12-8-5-9-13(17)15(12)18-10-14(20)19-11-6-3-1-2-4-7-11/h5,8-9,11,18H,1-4,6-7,10H2,(H,19,20). The molecule has 0 radical (unpaired) electrons. The van der Waals surface area contributed by atoms with Crippen LogP contribution in [-0.2, 0) is 4.79 Å². The van der Waals surface area contributed by atoms with E-state index in [4.69, 9.17) is 0 Å². The first kappa shape index (κ1) is 15.3. The molecule has 0 spiro atoms. The number of nitrogens with one attached hydrogen (secondary N) is 2. The molecule has 2 rings (SSSR count). The number of carbonyl (C=O) groups excluding carboxylic acids is 1. The van der Waals surface area contributed by atoms with Crippen molar-refractivity contribution in [2.75, 3.05) is 11.9 Å². The second-order valence-electron chi connectivity index (χ2n) is 5.21. The fourth-order valence-electron chi connectivity index (χ4n) is 2.54. The Morgan fingerprint density at radius 1 is 1.25 bits per heavy atom. The quantitative estimate of drug-likeness (QED) is 0.816. The molecule has 0 unspecified atom stereocenters. The summed E-state index contributed by atoms with van der Waals surface area (Å²) in [7, 11) is 0. The van der Waals surface area contributed by atoms with Crippen molar-refractivity contribution < 1.29 is 9.18 Å². The van der Waals surface area contributed by atoms with Crippen LogP contribution in [0.3, 0.4) is 0 Å². The van der Waals surface area contributed by atoms with Crippen LogP contribution in [0.25, 0.3) is 0 Å². The van der Waals surface area contributed by atoms with Crippen molar-refractivity contribution >= 4 is 27.5 Å². The topological polar surface area (TPSA) is 41.1 Å². The Labute approximate surface area is 127 Å². The predicted octanol–water partition coefficient (Wildman–Crippen LogP) is 3.84. The van der Waals surface area contributed by atoms with Crippen molar-refractivity contribution in [1.29, 1.82) is 0 Å². The molecule has 1 aromatic rings. The van der Waals surface area contributed by atoms with E-state index in [1.807, 2.05) is 0 Å². The van der Waals surface area contributed by atoms with E-state index < -0.39 is 0 Å². The van der Waals surface area contributed by atoms with Crippen LogP contribution in [0, 0.1) is 5.82 Å². The first-order valence-electron chi connectivity index (χ1n) is 7.14. The number of para-hydroxylation sites is 1. The summed E-state index contributed by atoms with van der Waals surface area (Å²) in [6, 6.07) is 5.01. The SMILES string of the molecule is O=C(CNc1c(F)cccc1Br)NC1CCCCCC1. The third-order valence-electron chi connectivity index (χ3n) is 3.61. The highest BCUT2D eigenvalue weighted by Crippen LogP contribution is 2.24. The van der Waals surface area contributed by atoms with Crippen LogP contribution in [0.15, 0.2) is 22.7 Å². The molecule has 0 heterocycles. The lowest BCUT2D eigenvalue weighted by molar-refractivity contribution is -0.120. The lowest BCUT2D eigenvalue weighted by Crippen LogP contribution is -2.38. The molecule has 110 valence electrons. The van der Waals surface area contributed by atoms with Gasteiger partial charge in [-0.1, -0.05) is 31.7 Å². The van der Waals surface area contributed by atoms with Crippen molar-refractivity contribution in [3.63, 3.8) is 0 Å². The summed E-state index contributed by atoms with van der Waals surface area (Å²) in [4.78, 5) is 11.9. The molecule has 5 heteroatoms. The molecule has 0 aliphatic heterocycles. The van der Waals surface area contributed by atoms with Crippen molar-refractivity contribution in [3.05, 3.63) is 28.5 Å². The van der Waals surface area contributed by atoms with Crippen molar-refractivity contribution in [2.24, 2.45) is 0 Å². The molecular weight excluding hydrogens is 323 g/mol. The van der Waals surface area contributed by atoms with Gasteiger partial charge in [-0.25, -0.2) is 4.39 Å². The minimum Gasteiger partial charge on any atom is -0.373 e. The van der Waals surface area contributed by atoms with Gasteiger partial charge in [-0.3, -0.25) is 4.79 Å². The van der Waals surface area contributed by atoms with Gasteiger partial charge in [-0.05, 0) is 40.9 Å². The molecule has 1 aliphatic carbocycles. The summed E-state index contributed by atoms with van der Waals surface area (Å²) in [6.45, 7) is 0.0933. The van der Waals surface area contributed by atoms with Crippen molar-refractivity contribution in [2.45, 2.75) is 44.6 Å². The Balaban J connectivity index is 1.82. The van der Waals surface area contributed by atoms with Crippen molar-refractivity contribution in [1.82, 2.24) is 5.32 Å². The Bertz CT molecular complexity index is 439. The number of hydrogen-bond acceptors (Lipinski definition) is 2. The molecule has 1 amide bonds. The molecule has 1 saturated carbocycles. The Morgan fingerprint density at radius 2 is 1.95 bits per heavy atom. The van der Waals surface area contributed by atoms with Crippen molar-refractivity contribution in [3.8, 4) is 0 Å². The van der Waals surface area contributed by atoms with Crippen LogP contribution in [0.1, 0.15) is 38.5 Å². The number of halogens is 2. The fourth-order valence-corrected chi connectivity index (χ4v) is 3.02. The molecule has 1 aromatic carbocycles. The molecule has 20 heavy (non-hydrogen) atoms. The second kappa shape index (κ2) is 7.62. The molecule has 2 N–H and O–H groups in total. The summed E-state index contributed by atoms with van der Waals surface area (Å²) in [5.41, 5.74) is 0.337. The number of benzene rings is 1. The second-order valence-corrected chi connectivity index (χ2v) is 6.06. The summed E-state index contributed by atoms with van der Waals surface area (Å²) >= 11 is 3.27. The molecule has 3 nitrogen and oxygen atoms in total. The average molecular weight is 343 g/mol. The van der Waals surface area contributed by atoms with E-state index in [2.05, 4.69) is 26.6 Å². The third-order valence-corrected chi connectivity index (χ3v) is 4.27. The van der Waals surface area contributed by atoms with Gasteiger partial charge in [0.15, 0.2) is 0 Å². The zero-order chi connectivity index (χ0) is 14.4. The van der Waals surface area contributed by atoms with Gasteiger partial charge in [-0.15, -0.1) is 0 Å². The number of hydrogen-bond donors (Lipinski definition) is 2. The highest BCUT2D eigenvalue weighted by Gasteiger charge is 2.15. The highest BCUT2D eigenvalue weighted by atomic mass is 79.9. The van der Waals surface area contributed by atoms with Gasteiger partial charge in [-0.2, -0.15) is 0 Å². The Morgan fingerprint density at radius 3 is 2.60 bits per heavy atom. The van der Waals surface area contributed by atoms with Crippen LogP contribution in [0.4, 0.5) is 10.1 Å². The first-order chi connectivity index (χ1) is 9.66. The van der Waals surface area contributed by atoms with Gasteiger partial charge in [0.2, 0.25) is 5.91 Å². The normalized spacial score (nSPS) is 16.5. The maximum Gasteiger partial charge on any atom is 0.239 e. The van der Waals surface area contributed by atoms with Gasteiger partial charge < -0.3 is 10.6 Å². The van der Waals surface area contributed by atoms with Gasteiger partial charge >= 0.3 is 0 Å². The molecule has 1 fully saturated rings. The van der Waals surface area contributed by atoms with E-state index in [1.165, 1.54) is 31.7 Å². The van der Waals surface area contributed by atoms with E-state index in [0.717, 1.165) is 12.8 Å². The lowest BCUT2D eigenvalue weighted by atomic mass is 10.1. The van der Waals surface area contributed by atoms with E-state index >= 15 is 0 Å². The van der Waals surface area contributed by atoms with Crippen LogP contribution in [-0.4, -0.2) is 18.5 Å². The zero-order valence-corrected chi connectivity index (χ0v) is 13.0. The van der Waals surface area contributed by atoms with E-state index in [1.54, 1.807) is 12.1 Å².